The Morgan fingerprint density at radius 2 is 1.88 bits per heavy atom. The first-order valence-electron chi connectivity index (χ1n) is 8.02. The fourth-order valence-electron chi connectivity index (χ4n) is 2.91. The molecule has 2 aromatic carbocycles. The molecule has 0 unspecified atom stereocenters. The van der Waals surface area contributed by atoms with Crippen LogP contribution in [0.1, 0.15) is 27.0 Å². The largest absolute Gasteiger partial charge is 0.488 e. The molecule has 1 aliphatic rings. The zero-order valence-electron chi connectivity index (χ0n) is 13.8. The van der Waals surface area contributed by atoms with Gasteiger partial charge in [-0.05, 0) is 35.2 Å². The highest BCUT2D eigenvalue weighted by atomic mass is 19.4. The summed E-state index contributed by atoms with van der Waals surface area (Å²) in [4.78, 5) is 23.6. The molecule has 2 aromatic rings. The minimum atomic E-state index is -4.90. The maximum absolute atomic E-state index is 12.7. The van der Waals surface area contributed by atoms with Crippen molar-refractivity contribution in [3.8, 4) is 5.75 Å². The third kappa shape index (κ3) is 3.87. The predicted molar refractivity (Wildman–Crippen MR) is 87.8 cm³/mol. The zero-order valence-corrected chi connectivity index (χ0v) is 13.8. The van der Waals surface area contributed by atoms with E-state index in [1.807, 2.05) is 30.3 Å². The van der Waals surface area contributed by atoms with Crippen LogP contribution in [0, 0.1) is 0 Å². The molecular weight excluding hydrogens is 347 g/mol. The van der Waals surface area contributed by atoms with Crippen LogP contribution in [-0.2, 0) is 24.4 Å². The first-order chi connectivity index (χ1) is 12.4. The van der Waals surface area contributed by atoms with Crippen LogP contribution >= 0.6 is 0 Å². The highest BCUT2D eigenvalue weighted by Gasteiger charge is 2.43. The Bertz CT molecular complexity index is 819. The molecule has 3 rings (SSSR count). The van der Waals surface area contributed by atoms with Gasteiger partial charge in [0.1, 0.15) is 12.4 Å². The molecule has 0 aromatic heterocycles. The summed E-state index contributed by atoms with van der Waals surface area (Å²) in [6, 6.07) is 12.5. The summed E-state index contributed by atoms with van der Waals surface area (Å²) in [6.45, 7) is 0.0357. The SMILES string of the molecule is O=Cc1cc2c(cc1OCc1ccccc1)CN(C(=O)C(F)(F)F)CC2. The van der Waals surface area contributed by atoms with E-state index in [1.165, 1.54) is 0 Å². The lowest BCUT2D eigenvalue weighted by Gasteiger charge is -2.30. The third-order valence-electron chi connectivity index (χ3n) is 4.24. The van der Waals surface area contributed by atoms with Gasteiger partial charge < -0.3 is 9.64 Å². The third-order valence-corrected chi connectivity index (χ3v) is 4.24. The molecule has 0 saturated heterocycles. The highest BCUT2D eigenvalue weighted by molar-refractivity contribution is 5.83. The van der Waals surface area contributed by atoms with Crippen LogP contribution in [0.2, 0.25) is 0 Å². The van der Waals surface area contributed by atoms with Crippen molar-refractivity contribution in [2.45, 2.75) is 25.7 Å². The topological polar surface area (TPSA) is 46.6 Å². The molecular formula is C19H16F3NO3. The zero-order chi connectivity index (χ0) is 18.7. The number of fused-ring (bicyclic) bond motifs is 1. The van der Waals surface area contributed by atoms with Gasteiger partial charge in [0.05, 0.1) is 5.56 Å². The van der Waals surface area contributed by atoms with Crippen molar-refractivity contribution in [1.82, 2.24) is 4.90 Å². The van der Waals surface area contributed by atoms with Crippen LogP contribution in [0.4, 0.5) is 13.2 Å². The molecule has 0 fully saturated rings. The number of nitrogens with zero attached hydrogens (tertiary/aromatic N) is 1. The van der Waals surface area contributed by atoms with Crippen molar-refractivity contribution in [1.29, 1.82) is 0 Å². The van der Waals surface area contributed by atoms with Gasteiger partial charge in [-0.1, -0.05) is 30.3 Å². The number of amides is 1. The van der Waals surface area contributed by atoms with Crippen molar-refractivity contribution >= 4 is 12.2 Å². The summed E-state index contributed by atoms with van der Waals surface area (Å²) >= 11 is 0. The fourth-order valence-corrected chi connectivity index (χ4v) is 2.91. The van der Waals surface area contributed by atoms with Crippen molar-refractivity contribution in [3.63, 3.8) is 0 Å². The van der Waals surface area contributed by atoms with Crippen LogP contribution in [0.5, 0.6) is 5.75 Å². The number of halogens is 3. The molecule has 136 valence electrons. The normalized spacial score (nSPS) is 13.9. The summed E-state index contributed by atoms with van der Waals surface area (Å²) in [5.41, 5.74) is 2.55. The average molecular weight is 363 g/mol. The molecule has 0 saturated carbocycles. The Kier molecular flexibility index (Phi) is 4.97. The Morgan fingerprint density at radius 3 is 2.54 bits per heavy atom. The Hall–Kier alpha value is -2.83. The molecule has 1 amide bonds. The number of benzene rings is 2. The summed E-state index contributed by atoms with van der Waals surface area (Å²) < 4.78 is 43.6. The predicted octanol–water partition coefficient (Wildman–Crippen LogP) is 3.53. The molecule has 26 heavy (non-hydrogen) atoms. The number of rotatable bonds is 4. The van der Waals surface area contributed by atoms with Crippen molar-refractivity contribution < 1.29 is 27.5 Å². The maximum atomic E-state index is 12.7. The van der Waals surface area contributed by atoms with Gasteiger partial charge in [0.25, 0.3) is 0 Å². The molecule has 0 N–H and O–H groups in total. The van der Waals surface area contributed by atoms with Gasteiger partial charge >= 0.3 is 12.1 Å². The quantitative estimate of drug-likeness (QED) is 0.781. The van der Waals surface area contributed by atoms with Crippen molar-refractivity contribution in [3.05, 3.63) is 64.7 Å². The van der Waals surface area contributed by atoms with E-state index in [9.17, 15) is 22.8 Å². The average Bonchev–Trinajstić information content (AvgIpc) is 2.64. The van der Waals surface area contributed by atoms with E-state index in [-0.39, 0.29) is 26.1 Å². The second kappa shape index (κ2) is 7.19. The minimum Gasteiger partial charge on any atom is -0.488 e. The number of carbonyl (C=O) groups excluding carboxylic acids is 2. The van der Waals surface area contributed by atoms with E-state index in [2.05, 4.69) is 0 Å². The van der Waals surface area contributed by atoms with Gasteiger partial charge in [-0.3, -0.25) is 9.59 Å². The summed E-state index contributed by atoms with van der Waals surface area (Å²) in [5.74, 6) is -1.56. The van der Waals surface area contributed by atoms with Crippen LogP contribution in [0.15, 0.2) is 42.5 Å². The minimum absolute atomic E-state index is 0.0339. The van der Waals surface area contributed by atoms with Crippen LogP contribution in [0.25, 0.3) is 0 Å². The molecule has 4 nitrogen and oxygen atoms in total. The Morgan fingerprint density at radius 1 is 1.15 bits per heavy atom. The molecule has 0 aliphatic carbocycles. The van der Waals surface area contributed by atoms with E-state index in [0.717, 1.165) is 16.0 Å². The van der Waals surface area contributed by atoms with Crippen LogP contribution < -0.4 is 4.74 Å². The lowest BCUT2D eigenvalue weighted by atomic mass is 9.96. The van der Waals surface area contributed by atoms with Gasteiger partial charge in [-0.15, -0.1) is 0 Å². The van der Waals surface area contributed by atoms with E-state index in [4.69, 9.17) is 4.74 Å². The van der Waals surface area contributed by atoms with Gasteiger partial charge in [0.2, 0.25) is 0 Å². The van der Waals surface area contributed by atoms with Gasteiger partial charge in [0, 0.05) is 13.1 Å². The Labute approximate surface area is 148 Å². The monoisotopic (exact) mass is 363 g/mol. The van der Waals surface area contributed by atoms with Gasteiger partial charge in [-0.2, -0.15) is 13.2 Å². The number of hydrogen-bond acceptors (Lipinski definition) is 3. The number of aldehydes is 1. The van der Waals surface area contributed by atoms with Gasteiger partial charge in [-0.25, -0.2) is 0 Å². The lowest BCUT2D eigenvalue weighted by molar-refractivity contribution is -0.186. The second-order valence-electron chi connectivity index (χ2n) is 6.03. The van der Waals surface area contributed by atoms with E-state index < -0.39 is 12.1 Å². The van der Waals surface area contributed by atoms with Gasteiger partial charge in [0.15, 0.2) is 6.29 Å². The summed E-state index contributed by atoms with van der Waals surface area (Å²) in [7, 11) is 0. The Balaban J connectivity index is 1.82. The van der Waals surface area contributed by atoms with Crippen LogP contribution in [0.3, 0.4) is 0 Å². The smallest absolute Gasteiger partial charge is 0.471 e. The number of hydrogen-bond donors (Lipinski definition) is 0. The number of ether oxygens (including phenoxy) is 1. The summed E-state index contributed by atoms with van der Waals surface area (Å²) in [5, 5.41) is 0. The van der Waals surface area contributed by atoms with Crippen molar-refractivity contribution in [2.75, 3.05) is 6.54 Å². The van der Waals surface area contributed by atoms with E-state index in [0.29, 0.717) is 23.2 Å². The molecule has 1 heterocycles. The standard InChI is InChI=1S/C19H16F3NO3/c20-19(21,22)18(25)23-7-6-14-8-16(11-24)17(9-15(14)10-23)26-12-13-4-2-1-3-5-13/h1-5,8-9,11H,6-7,10,12H2. The molecule has 1 aliphatic heterocycles. The van der Waals surface area contributed by atoms with Crippen molar-refractivity contribution in [2.24, 2.45) is 0 Å². The van der Waals surface area contributed by atoms with E-state index in [1.54, 1.807) is 12.1 Å². The molecule has 0 spiro atoms. The number of alkyl halides is 3. The highest BCUT2D eigenvalue weighted by Crippen LogP contribution is 2.30. The molecule has 0 atom stereocenters. The number of carbonyl (C=O) groups is 2. The first-order valence-corrected chi connectivity index (χ1v) is 8.02. The van der Waals surface area contributed by atoms with E-state index >= 15 is 0 Å². The first kappa shape index (κ1) is 18.0. The van der Waals surface area contributed by atoms with Crippen LogP contribution in [-0.4, -0.2) is 29.8 Å². The second-order valence-corrected chi connectivity index (χ2v) is 6.03. The lowest BCUT2D eigenvalue weighted by Crippen LogP contribution is -2.43. The maximum Gasteiger partial charge on any atom is 0.471 e. The molecule has 0 radical (unpaired) electrons. The molecule has 0 bridgehead atoms. The molecule has 7 heteroatoms. The summed E-state index contributed by atoms with van der Waals surface area (Å²) in [6.07, 6.45) is -3.97. The fraction of sp³-hybridized carbons (Fsp3) is 0.263.